The minimum atomic E-state index is -0.616. The lowest BCUT2D eigenvalue weighted by atomic mass is 10.1. The summed E-state index contributed by atoms with van der Waals surface area (Å²) in [5.74, 6) is 0. The zero-order valence-electron chi connectivity index (χ0n) is 7.04. The van der Waals surface area contributed by atoms with E-state index in [4.69, 9.17) is 17.3 Å². The Morgan fingerprint density at radius 2 is 2.31 bits per heavy atom. The van der Waals surface area contributed by atoms with E-state index in [2.05, 4.69) is 20.9 Å². The number of nitrogens with two attached hydrogens (primary N) is 1. The molecule has 5 heteroatoms. The second kappa shape index (κ2) is 4.37. The second-order valence-corrected chi connectivity index (χ2v) is 3.92. The summed E-state index contributed by atoms with van der Waals surface area (Å²) in [5, 5.41) is 9.64. The fourth-order valence-electron chi connectivity index (χ4n) is 0.949. The molecule has 3 nitrogen and oxygen atoms in total. The molecule has 0 amide bonds. The van der Waals surface area contributed by atoms with E-state index in [-0.39, 0.29) is 0 Å². The molecule has 0 aliphatic heterocycles. The van der Waals surface area contributed by atoms with Gasteiger partial charge in [0.1, 0.15) is 5.15 Å². The quantitative estimate of drug-likeness (QED) is 0.803. The smallest absolute Gasteiger partial charge is 0.143 e. The highest BCUT2D eigenvalue weighted by molar-refractivity contribution is 9.10. The topological polar surface area (TPSA) is 59.1 Å². The molecule has 72 valence electrons. The molecule has 2 atom stereocenters. The van der Waals surface area contributed by atoms with Gasteiger partial charge in [-0.15, -0.1) is 0 Å². The van der Waals surface area contributed by atoms with Crippen molar-refractivity contribution in [2.75, 3.05) is 0 Å². The van der Waals surface area contributed by atoms with Crippen LogP contribution in [0.5, 0.6) is 0 Å². The SMILES string of the molecule is C[C@H](O)[C@@H](N)c1ccnc(Cl)c1Br. The molecule has 13 heavy (non-hydrogen) atoms. The van der Waals surface area contributed by atoms with Crippen LogP contribution in [0.15, 0.2) is 16.7 Å². The molecule has 0 aliphatic carbocycles. The minimum Gasteiger partial charge on any atom is -0.391 e. The van der Waals surface area contributed by atoms with Crippen LogP contribution in [-0.4, -0.2) is 16.2 Å². The Kier molecular flexibility index (Phi) is 3.67. The van der Waals surface area contributed by atoms with E-state index in [1.807, 2.05) is 0 Å². The Bertz CT molecular complexity index is 306. The maximum atomic E-state index is 9.28. The number of hydrogen-bond donors (Lipinski definition) is 2. The van der Waals surface area contributed by atoms with Crippen LogP contribution in [0.25, 0.3) is 0 Å². The fraction of sp³-hybridized carbons (Fsp3) is 0.375. The Morgan fingerprint density at radius 1 is 1.69 bits per heavy atom. The van der Waals surface area contributed by atoms with Crippen molar-refractivity contribution < 1.29 is 5.11 Å². The number of halogens is 2. The van der Waals surface area contributed by atoms with Crippen LogP contribution in [0, 0.1) is 0 Å². The average Bonchev–Trinajstić information content (AvgIpc) is 2.08. The van der Waals surface area contributed by atoms with Gasteiger partial charge in [-0.25, -0.2) is 4.98 Å². The maximum absolute atomic E-state index is 9.28. The van der Waals surface area contributed by atoms with Crippen LogP contribution in [0.2, 0.25) is 5.15 Å². The molecule has 1 heterocycles. The van der Waals surface area contributed by atoms with E-state index in [0.717, 1.165) is 5.56 Å². The van der Waals surface area contributed by atoms with Crippen molar-refractivity contribution in [1.82, 2.24) is 4.98 Å². The number of rotatable bonds is 2. The Balaban J connectivity index is 3.07. The molecule has 0 radical (unpaired) electrons. The van der Waals surface area contributed by atoms with Gasteiger partial charge in [0.2, 0.25) is 0 Å². The first kappa shape index (κ1) is 10.9. The van der Waals surface area contributed by atoms with Gasteiger partial charge in [-0.05, 0) is 34.5 Å². The van der Waals surface area contributed by atoms with Gasteiger partial charge in [0.25, 0.3) is 0 Å². The van der Waals surface area contributed by atoms with Crippen molar-refractivity contribution >= 4 is 27.5 Å². The van der Waals surface area contributed by atoms with Crippen LogP contribution in [-0.2, 0) is 0 Å². The minimum absolute atomic E-state index is 0.355. The molecule has 0 bridgehead atoms. The number of pyridine rings is 1. The van der Waals surface area contributed by atoms with Crippen LogP contribution in [0.3, 0.4) is 0 Å². The summed E-state index contributed by atoms with van der Waals surface area (Å²) in [6, 6.07) is 1.28. The first-order chi connectivity index (χ1) is 6.04. The molecule has 0 unspecified atom stereocenters. The summed E-state index contributed by atoms with van der Waals surface area (Å²) in [4.78, 5) is 3.86. The predicted molar refractivity (Wildman–Crippen MR) is 55.6 cm³/mol. The molecule has 1 aromatic heterocycles. The predicted octanol–water partition coefficient (Wildman–Crippen LogP) is 1.88. The molecule has 0 saturated carbocycles. The van der Waals surface area contributed by atoms with Gasteiger partial charge >= 0.3 is 0 Å². The molecule has 0 aromatic carbocycles. The summed E-state index contributed by atoms with van der Waals surface area (Å²) < 4.78 is 0.644. The molecular weight excluding hydrogens is 255 g/mol. The molecule has 0 fully saturated rings. The van der Waals surface area contributed by atoms with Crippen molar-refractivity contribution in [2.24, 2.45) is 5.73 Å². The van der Waals surface area contributed by atoms with Gasteiger partial charge < -0.3 is 10.8 Å². The summed E-state index contributed by atoms with van der Waals surface area (Å²) in [7, 11) is 0. The third-order valence-corrected chi connectivity index (χ3v) is 3.10. The summed E-state index contributed by atoms with van der Waals surface area (Å²) in [6.07, 6.45) is 0.944. The molecule has 0 spiro atoms. The summed E-state index contributed by atoms with van der Waals surface area (Å²) in [6.45, 7) is 1.63. The zero-order valence-corrected chi connectivity index (χ0v) is 9.38. The summed E-state index contributed by atoms with van der Waals surface area (Å²) in [5.41, 5.74) is 6.50. The van der Waals surface area contributed by atoms with Gasteiger partial charge in [-0.3, -0.25) is 0 Å². The maximum Gasteiger partial charge on any atom is 0.143 e. The lowest BCUT2D eigenvalue weighted by molar-refractivity contribution is 0.164. The van der Waals surface area contributed by atoms with Gasteiger partial charge in [-0.2, -0.15) is 0 Å². The fourth-order valence-corrected chi connectivity index (χ4v) is 1.61. The third kappa shape index (κ3) is 2.40. The lowest BCUT2D eigenvalue weighted by Crippen LogP contribution is -2.23. The normalized spacial score (nSPS) is 15.5. The third-order valence-electron chi connectivity index (χ3n) is 1.76. The highest BCUT2D eigenvalue weighted by Crippen LogP contribution is 2.28. The lowest BCUT2D eigenvalue weighted by Gasteiger charge is -2.16. The monoisotopic (exact) mass is 264 g/mol. The molecule has 1 aromatic rings. The first-order valence-electron chi connectivity index (χ1n) is 3.77. The van der Waals surface area contributed by atoms with Gasteiger partial charge in [0.15, 0.2) is 0 Å². The second-order valence-electron chi connectivity index (χ2n) is 2.77. The van der Waals surface area contributed by atoms with E-state index in [0.29, 0.717) is 9.63 Å². The number of nitrogens with zero attached hydrogens (tertiary/aromatic N) is 1. The molecular formula is C8H10BrClN2O. The van der Waals surface area contributed by atoms with Crippen LogP contribution < -0.4 is 5.73 Å². The van der Waals surface area contributed by atoms with Crippen molar-refractivity contribution in [2.45, 2.75) is 19.1 Å². The molecule has 1 rings (SSSR count). The van der Waals surface area contributed by atoms with Crippen molar-refractivity contribution in [3.05, 3.63) is 27.5 Å². The Hall–Kier alpha value is -0.160. The van der Waals surface area contributed by atoms with Crippen LogP contribution >= 0.6 is 27.5 Å². The van der Waals surface area contributed by atoms with Gasteiger partial charge in [-0.1, -0.05) is 11.6 Å². The van der Waals surface area contributed by atoms with Crippen molar-refractivity contribution in [1.29, 1.82) is 0 Å². The zero-order chi connectivity index (χ0) is 10.0. The van der Waals surface area contributed by atoms with Gasteiger partial charge in [0.05, 0.1) is 16.6 Å². The van der Waals surface area contributed by atoms with E-state index in [1.165, 1.54) is 0 Å². The number of aliphatic hydroxyl groups is 1. The number of aliphatic hydroxyl groups excluding tert-OH is 1. The number of hydrogen-bond acceptors (Lipinski definition) is 3. The highest BCUT2D eigenvalue weighted by atomic mass is 79.9. The van der Waals surface area contributed by atoms with E-state index < -0.39 is 12.1 Å². The van der Waals surface area contributed by atoms with E-state index in [9.17, 15) is 5.11 Å². The van der Waals surface area contributed by atoms with Crippen molar-refractivity contribution in [3.63, 3.8) is 0 Å². The first-order valence-corrected chi connectivity index (χ1v) is 4.94. The standard InChI is InChI=1S/C8H10BrClN2O/c1-4(13)7(11)5-2-3-12-8(10)6(5)9/h2-4,7,13H,11H2,1H3/t4-,7+/m0/s1. The van der Waals surface area contributed by atoms with E-state index in [1.54, 1.807) is 19.2 Å². The molecule has 0 saturated heterocycles. The van der Waals surface area contributed by atoms with Crippen LogP contribution in [0.1, 0.15) is 18.5 Å². The number of aromatic nitrogens is 1. The highest BCUT2D eigenvalue weighted by Gasteiger charge is 2.16. The van der Waals surface area contributed by atoms with Crippen molar-refractivity contribution in [3.8, 4) is 0 Å². The van der Waals surface area contributed by atoms with Crippen LogP contribution in [0.4, 0.5) is 0 Å². The summed E-state index contributed by atoms with van der Waals surface area (Å²) >= 11 is 9.03. The average molecular weight is 266 g/mol. The molecule has 3 N–H and O–H groups in total. The van der Waals surface area contributed by atoms with Gasteiger partial charge in [0, 0.05) is 6.20 Å². The largest absolute Gasteiger partial charge is 0.391 e. The molecule has 0 aliphatic rings. The van der Waals surface area contributed by atoms with E-state index >= 15 is 0 Å². The Morgan fingerprint density at radius 3 is 2.85 bits per heavy atom. The Labute approximate surface area is 90.1 Å².